The lowest BCUT2D eigenvalue weighted by molar-refractivity contribution is -0.119. The predicted molar refractivity (Wildman–Crippen MR) is 60.0 cm³/mol. The molecule has 4 heteroatoms. The molecule has 0 bridgehead atoms. The van der Waals surface area contributed by atoms with Crippen LogP contribution < -0.4 is 0 Å². The van der Waals surface area contributed by atoms with Crippen molar-refractivity contribution in [1.82, 2.24) is 0 Å². The van der Waals surface area contributed by atoms with Crippen LogP contribution >= 0.6 is 23.2 Å². The lowest BCUT2D eigenvalue weighted by Crippen LogP contribution is -2.11. The zero-order valence-electron chi connectivity index (χ0n) is 8.13. The summed E-state index contributed by atoms with van der Waals surface area (Å²) < 4.78 is 0. The second kappa shape index (κ2) is 5.16. The molecule has 0 amide bonds. The van der Waals surface area contributed by atoms with Crippen LogP contribution in [0.3, 0.4) is 0 Å². The number of benzene rings is 1. The van der Waals surface area contributed by atoms with Crippen LogP contribution in [-0.2, 0) is 11.2 Å². The molecule has 1 rings (SSSR count). The lowest BCUT2D eigenvalue weighted by atomic mass is 9.97. The van der Waals surface area contributed by atoms with E-state index in [9.17, 15) is 4.79 Å². The van der Waals surface area contributed by atoms with Gasteiger partial charge < -0.3 is 0 Å². The number of ketones is 1. The fourth-order valence-corrected chi connectivity index (χ4v) is 1.60. The summed E-state index contributed by atoms with van der Waals surface area (Å²) in [7, 11) is 0. The third kappa shape index (κ3) is 2.95. The molecule has 0 heterocycles. The topological polar surface area (TPSA) is 40.9 Å². The van der Waals surface area contributed by atoms with E-state index in [0.29, 0.717) is 16.5 Å². The minimum Gasteiger partial charge on any atom is -0.299 e. The molecule has 0 saturated carbocycles. The number of hydrogen-bond donors (Lipinski definition) is 0. The number of carbonyl (C=O) groups is 1. The molecule has 0 aliphatic carbocycles. The summed E-state index contributed by atoms with van der Waals surface area (Å²) in [6.07, 6.45) is 0.311. The lowest BCUT2D eigenvalue weighted by Gasteiger charge is -2.07. The Morgan fingerprint density at radius 1 is 1.53 bits per heavy atom. The minimum absolute atomic E-state index is 0.159. The van der Waals surface area contributed by atoms with Gasteiger partial charge in [0.05, 0.1) is 16.1 Å². The molecule has 0 saturated heterocycles. The van der Waals surface area contributed by atoms with Crippen LogP contribution in [0.4, 0.5) is 0 Å². The van der Waals surface area contributed by atoms with Gasteiger partial charge in [0.25, 0.3) is 0 Å². The molecule has 78 valence electrons. The Kier molecular flexibility index (Phi) is 4.14. The Hall–Kier alpha value is -1.04. The first-order chi connectivity index (χ1) is 7.06. The number of nitrogens with zero attached hydrogens (tertiary/aromatic N) is 1. The van der Waals surface area contributed by atoms with E-state index in [-0.39, 0.29) is 5.78 Å². The Morgan fingerprint density at radius 2 is 2.20 bits per heavy atom. The van der Waals surface area contributed by atoms with Crippen molar-refractivity contribution in [3.63, 3.8) is 0 Å². The maximum absolute atomic E-state index is 11.1. The highest BCUT2D eigenvalue weighted by atomic mass is 35.5. The molecule has 0 aromatic heterocycles. The van der Waals surface area contributed by atoms with Crippen LogP contribution in [0.2, 0.25) is 10.0 Å². The fourth-order valence-electron chi connectivity index (χ4n) is 1.21. The van der Waals surface area contributed by atoms with Crippen molar-refractivity contribution in [2.75, 3.05) is 0 Å². The molecule has 1 aromatic rings. The van der Waals surface area contributed by atoms with Crippen LogP contribution in [0.25, 0.3) is 0 Å². The summed E-state index contributed by atoms with van der Waals surface area (Å²) in [5, 5.41) is 9.63. The number of carbonyl (C=O) groups excluding carboxylic acids is 1. The molecule has 0 radical (unpaired) electrons. The fraction of sp³-hybridized carbons (Fsp3) is 0.273. The van der Waals surface area contributed by atoms with E-state index in [1.165, 1.54) is 6.92 Å². The van der Waals surface area contributed by atoms with Gasteiger partial charge in [-0.2, -0.15) is 5.26 Å². The van der Waals surface area contributed by atoms with E-state index in [4.69, 9.17) is 28.5 Å². The highest BCUT2D eigenvalue weighted by Gasteiger charge is 2.16. The van der Waals surface area contributed by atoms with Crippen molar-refractivity contribution >= 4 is 29.0 Å². The molecule has 0 N–H and O–H groups in total. The van der Waals surface area contributed by atoms with Gasteiger partial charge in [0, 0.05) is 0 Å². The summed E-state index contributed by atoms with van der Waals surface area (Å²) >= 11 is 11.8. The van der Waals surface area contributed by atoms with Crippen LogP contribution in [0.15, 0.2) is 18.2 Å². The summed E-state index contributed by atoms with van der Waals surface area (Å²) in [5.74, 6) is -0.811. The van der Waals surface area contributed by atoms with Gasteiger partial charge in [0.2, 0.25) is 0 Å². The number of halogens is 2. The van der Waals surface area contributed by atoms with Gasteiger partial charge in [-0.3, -0.25) is 4.79 Å². The van der Waals surface area contributed by atoms with Gasteiger partial charge in [-0.05, 0) is 25.0 Å². The maximum Gasteiger partial charge on any atom is 0.147 e. The molecule has 1 aromatic carbocycles. The highest BCUT2D eigenvalue weighted by molar-refractivity contribution is 6.42. The first kappa shape index (κ1) is 12.0. The van der Waals surface area contributed by atoms with Crippen molar-refractivity contribution in [2.24, 2.45) is 5.92 Å². The molecule has 0 aliphatic heterocycles. The molecule has 15 heavy (non-hydrogen) atoms. The van der Waals surface area contributed by atoms with E-state index in [1.54, 1.807) is 18.2 Å². The zero-order valence-corrected chi connectivity index (χ0v) is 9.64. The van der Waals surface area contributed by atoms with Crippen molar-refractivity contribution in [1.29, 1.82) is 5.26 Å². The van der Waals surface area contributed by atoms with E-state index in [2.05, 4.69) is 0 Å². The average Bonchev–Trinajstić information content (AvgIpc) is 2.19. The molecular weight excluding hydrogens is 233 g/mol. The number of hydrogen-bond acceptors (Lipinski definition) is 2. The van der Waals surface area contributed by atoms with Gasteiger partial charge >= 0.3 is 0 Å². The predicted octanol–water partition coefficient (Wildman–Crippen LogP) is 3.26. The Balaban J connectivity index is 2.95. The van der Waals surface area contributed by atoms with Crippen LogP contribution in [-0.4, -0.2) is 5.78 Å². The summed E-state index contributed by atoms with van der Waals surface area (Å²) in [6.45, 7) is 1.40. The quantitative estimate of drug-likeness (QED) is 0.816. The normalized spacial score (nSPS) is 11.9. The van der Waals surface area contributed by atoms with Crippen molar-refractivity contribution in [3.8, 4) is 6.07 Å². The average molecular weight is 242 g/mol. The largest absolute Gasteiger partial charge is 0.299 e. The van der Waals surface area contributed by atoms with Gasteiger partial charge in [-0.1, -0.05) is 35.3 Å². The van der Waals surface area contributed by atoms with Gasteiger partial charge in [-0.15, -0.1) is 0 Å². The Bertz CT molecular complexity index is 423. The molecular formula is C11H9Cl2NO. The van der Waals surface area contributed by atoms with E-state index >= 15 is 0 Å². The molecule has 1 unspecified atom stereocenters. The summed E-state index contributed by atoms with van der Waals surface area (Å²) in [6, 6.07) is 7.13. The van der Waals surface area contributed by atoms with Crippen LogP contribution in [0, 0.1) is 17.2 Å². The maximum atomic E-state index is 11.1. The summed E-state index contributed by atoms with van der Waals surface area (Å²) in [5.41, 5.74) is 0.728. The highest BCUT2D eigenvalue weighted by Crippen LogP contribution is 2.27. The molecule has 0 fully saturated rings. The third-order valence-electron chi connectivity index (χ3n) is 2.10. The molecule has 0 spiro atoms. The third-order valence-corrected chi connectivity index (χ3v) is 2.96. The van der Waals surface area contributed by atoms with Crippen molar-refractivity contribution in [2.45, 2.75) is 13.3 Å². The molecule has 2 nitrogen and oxygen atoms in total. The minimum atomic E-state index is -0.652. The number of Topliss-reactive ketones (excluding diaryl/α,β-unsaturated/α-hetero) is 1. The smallest absolute Gasteiger partial charge is 0.147 e. The van der Waals surface area contributed by atoms with E-state index in [1.807, 2.05) is 6.07 Å². The number of rotatable bonds is 3. The number of nitriles is 1. The van der Waals surface area contributed by atoms with Crippen molar-refractivity contribution in [3.05, 3.63) is 33.8 Å². The monoisotopic (exact) mass is 241 g/mol. The SMILES string of the molecule is CC(=O)C(C#N)Cc1cccc(Cl)c1Cl. The standard InChI is InChI=1S/C11H9Cl2NO/c1-7(15)9(6-14)5-8-3-2-4-10(12)11(8)13/h2-4,9H,5H2,1H3. The Labute approximate surface area is 98.4 Å². The van der Waals surface area contributed by atoms with Crippen LogP contribution in [0.1, 0.15) is 12.5 Å². The van der Waals surface area contributed by atoms with E-state index in [0.717, 1.165) is 5.56 Å². The zero-order chi connectivity index (χ0) is 11.4. The first-order valence-electron chi connectivity index (χ1n) is 4.39. The second-order valence-electron chi connectivity index (χ2n) is 3.21. The molecule has 0 aliphatic rings. The van der Waals surface area contributed by atoms with Crippen molar-refractivity contribution < 1.29 is 4.79 Å². The molecule has 1 atom stereocenters. The van der Waals surface area contributed by atoms with Gasteiger partial charge in [-0.25, -0.2) is 0 Å². The Morgan fingerprint density at radius 3 is 2.73 bits per heavy atom. The second-order valence-corrected chi connectivity index (χ2v) is 3.99. The summed E-state index contributed by atoms with van der Waals surface area (Å²) in [4.78, 5) is 11.1. The van der Waals surface area contributed by atoms with Crippen LogP contribution in [0.5, 0.6) is 0 Å². The first-order valence-corrected chi connectivity index (χ1v) is 5.14. The van der Waals surface area contributed by atoms with Gasteiger partial charge in [0.15, 0.2) is 0 Å². The van der Waals surface area contributed by atoms with Gasteiger partial charge in [0.1, 0.15) is 11.7 Å². The van der Waals surface area contributed by atoms with E-state index < -0.39 is 5.92 Å².